The van der Waals surface area contributed by atoms with Crippen LogP contribution in [0, 0.1) is 13.8 Å². The van der Waals surface area contributed by atoms with Crippen molar-refractivity contribution in [3.8, 4) is 11.5 Å². The molecule has 0 saturated heterocycles. The molecule has 1 aromatic carbocycles. The van der Waals surface area contributed by atoms with Crippen LogP contribution in [0.2, 0.25) is 0 Å². The Bertz CT molecular complexity index is 558. The second kappa shape index (κ2) is 5.45. The maximum absolute atomic E-state index is 9.75. The third kappa shape index (κ3) is 2.79. The SMILES string of the molecule is CC[C@H](O)c1ccc(Oc2c(C)nn(C)c2C)cc1. The summed E-state index contributed by atoms with van der Waals surface area (Å²) in [6, 6.07) is 7.54. The highest BCUT2D eigenvalue weighted by Gasteiger charge is 2.12. The summed E-state index contributed by atoms with van der Waals surface area (Å²) in [5, 5.41) is 14.1. The van der Waals surface area contributed by atoms with Gasteiger partial charge in [-0.2, -0.15) is 5.10 Å². The van der Waals surface area contributed by atoms with Crippen LogP contribution in [0.4, 0.5) is 0 Å². The fourth-order valence-corrected chi connectivity index (χ4v) is 2.01. The van der Waals surface area contributed by atoms with Gasteiger partial charge >= 0.3 is 0 Å². The Morgan fingerprint density at radius 2 is 1.89 bits per heavy atom. The van der Waals surface area contributed by atoms with Crippen molar-refractivity contribution in [2.75, 3.05) is 0 Å². The van der Waals surface area contributed by atoms with E-state index in [4.69, 9.17) is 4.74 Å². The summed E-state index contributed by atoms with van der Waals surface area (Å²) < 4.78 is 7.67. The predicted octanol–water partition coefficient (Wildman–Crippen LogP) is 3.27. The number of ether oxygens (including phenoxy) is 1. The number of nitrogens with zero attached hydrogens (tertiary/aromatic N) is 2. The summed E-state index contributed by atoms with van der Waals surface area (Å²) in [6.07, 6.45) is 0.303. The summed E-state index contributed by atoms with van der Waals surface area (Å²) in [5.41, 5.74) is 2.78. The van der Waals surface area contributed by atoms with Gasteiger partial charge in [0.25, 0.3) is 0 Å². The van der Waals surface area contributed by atoms with Gasteiger partial charge in [0.2, 0.25) is 0 Å². The Labute approximate surface area is 113 Å². The highest BCUT2D eigenvalue weighted by atomic mass is 16.5. The lowest BCUT2D eigenvalue weighted by atomic mass is 10.1. The molecule has 102 valence electrons. The first-order chi connectivity index (χ1) is 9.02. The average Bonchev–Trinajstić information content (AvgIpc) is 2.65. The normalized spacial score (nSPS) is 12.5. The van der Waals surface area contributed by atoms with E-state index in [0.29, 0.717) is 6.42 Å². The second-order valence-electron chi connectivity index (χ2n) is 4.72. The number of rotatable bonds is 4. The second-order valence-corrected chi connectivity index (χ2v) is 4.72. The standard InChI is InChI=1S/C15H20N2O2/c1-5-14(18)12-6-8-13(9-7-12)19-15-10(2)16-17(4)11(15)3/h6-9,14,18H,5H2,1-4H3/t14-/m0/s1. The van der Waals surface area contributed by atoms with Crippen molar-refractivity contribution in [3.05, 3.63) is 41.2 Å². The Hall–Kier alpha value is -1.81. The number of aryl methyl sites for hydroxylation is 2. The Morgan fingerprint density at radius 1 is 1.26 bits per heavy atom. The largest absolute Gasteiger partial charge is 0.453 e. The molecule has 0 aliphatic heterocycles. The molecule has 1 aromatic heterocycles. The van der Waals surface area contributed by atoms with Gasteiger partial charge in [0.05, 0.1) is 11.8 Å². The van der Waals surface area contributed by atoms with Gasteiger partial charge in [-0.05, 0) is 38.0 Å². The molecule has 0 radical (unpaired) electrons. The average molecular weight is 260 g/mol. The van der Waals surface area contributed by atoms with E-state index in [9.17, 15) is 5.11 Å². The van der Waals surface area contributed by atoms with Gasteiger partial charge in [-0.3, -0.25) is 4.68 Å². The molecule has 0 spiro atoms. The van der Waals surface area contributed by atoms with Crippen LogP contribution in [-0.4, -0.2) is 14.9 Å². The monoisotopic (exact) mass is 260 g/mol. The van der Waals surface area contributed by atoms with Gasteiger partial charge < -0.3 is 9.84 Å². The first kappa shape index (κ1) is 13.6. The van der Waals surface area contributed by atoms with E-state index in [1.807, 2.05) is 52.1 Å². The first-order valence-electron chi connectivity index (χ1n) is 6.49. The lowest BCUT2D eigenvalue weighted by molar-refractivity contribution is 0.173. The molecule has 1 atom stereocenters. The molecule has 2 aromatic rings. The molecule has 0 fully saturated rings. The molecular formula is C15H20N2O2. The zero-order valence-electron chi connectivity index (χ0n) is 11.8. The van der Waals surface area contributed by atoms with E-state index in [1.54, 1.807) is 4.68 Å². The molecule has 0 amide bonds. The van der Waals surface area contributed by atoms with Crippen LogP contribution in [0.15, 0.2) is 24.3 Å². The molecule has 1 heterocycles. The molecule has 0 unspecified atom stereocenters. The van der Waals surface area contributed by atoms with Crippen LogP contribution in [-0.2, 0) is 7.05 Å². The molecular weight excluding hydrogens is 240 g/mol. The molecule has 0 aliphatic carbocycles. The fraction of sp³-hybridized carbons (Fsp3) is 0.400. The smallest absolute Gasteiger partial charge is 0.171 e. The van der Waals surface area contributed by atoms with Crippen molar-refractivity contribution in [2.24, 2.45) is 7.05 Å². The number of aliphatic hydroxyl groups excluding tert-OH is 1. The molecule has 19 heavy (non-hydrogen) atoms. The predicted molar refractivity (Wildman–Crippen MR) is 74.4 cm³/mol. The molecule has 0 saturated carbocycles. The van der Waals surface area contributed by atoms with Crippen molar-refractivity contribution in [2.45, 2.75) is 33.3 Å². The zero-order chi connectivity index (χ0) is 14.0. The van der Waals surface area contributed by atoms with Gasteiger partial charge in [-0.15, -0.1) is 0 Å². The van der Waals surface area contributed by atoms with Crippen molar-refractivity contribution in [1.29, 1.82) is 0 Å². The van der Waals surface area contributed by atoms with Crippen LogP contribution in [0.1, 0.15) is 36.4 Å². The number of hydrogen-bond donors (Lipinski definition) is 1. The van der Waals surface area contributed by atoms with Crippen LogP contribution in [0.3, 0.4) is 0 Å². The molecule has 1 N–H and O–H groups in total. The number of aromatic nitrogens is 2. The number of hydrogen-bond acceptors (Lipinski definition) is 3. The van der Waals surface area contributed by atoms with Crippen molar-refractivity contribution >= 4 is 0 Å². The molecule has 2 rings (SSSR count). The lowest BCUT2D eigenvalue weighted by Gasteiger charge is -2.10. The van der Waals surface area contributed by atoms with Crippen LogP contribution in [0.25, 0.3) is 0 Å². The van der Waals surface area contributed by atoms with Crippen molar-refractivity contribution in [3.63, 3.8) is 0 Å². The summed E-state index contributed by atoms with van der Waals surface area (Å²) in [5.74, 6) is 1.55. The van der Waals surface area contributed by atoms with Gasteiger partial charge in [-0.1, -0.05) is 19.1 Å². The highest BCUT2D eigenvalue weighted by Crippen LogP contribution is 2.29. The Kier molecular flexibility index (Phi) is 3.90. The lowest BCUT2D eigenvalue weighted by Crippen LogP contribution is -1.95. The Morgan fingerprint density at radius 3 is 2.37 bits per heavy atom. The fourth-order valence-electron chi connectivity index (χ4n) is 2.01. The van der Waals surface area contributed by atoms with E-state index in [2.05, 4.69) is 5.10 Å². The minimum atomic E-state index is -0.407. The molecule has 4 heteroatoms. The number of aliphatic hydroxyl groups is 1. The first-order valence-corrected chi connectivity index (χ1v) is 6.49. The molecule has 0 bridgehead atoms. The van der Waals surface area contributed by atoms with E-state index in [1.165, 1.54) is 0 Å². The van der Waals surface area contributed by atoms with E-state index in [-0.39, 0.29) is 0 Å². The van der Waals surface area contributed by atoms with Crippen LogP contribution >= 0.6 is 0 Å². The van der Waals surface area contributed by atoms with E-state index in [0.717, 1.165) is 28.5 Å². The minimum absolute atomic E-state index is 0.407. The summed E-state index contributed by atoms with van der Waals surface area (Å²) in [4.78, 5) is 0. The highest BCUT2D eigenvalue weighted by molar-refractivity contribution is 5.38. The molecule has 0 aliphatic rings. The third-order valence-corrected chi connectivity index (χ3v) is 3.31. The quantitative estimate of drug-likeness (QED) is 0.917. The zero-order valence-corrected chi connectivity index (χ0v) is 11.8. The topological polar surface area (TPSA) is 47.3 Å². The maximum atomic E-state index is 9.75. The molecule has 4 nitrogen and oxygen atoms in total. The Balaban J connectivity index is 2.20. The van der Waals surface area contributed by atoms with Crippen LogP contribution < -0.4 is 4.74 Å². The van der Waals surface area contributed by atoms with Gasteiger partial charge in [0.15, 0.2) is 5.75 Å². The van der Waals surface area contributed by atoms with Gasteiger partial charge in [-0.25, -0.2) is 0 Å². The number of benzene rings is 1. The van der Waals surface area contributed by atoms with Crippen molar-refractivity contribution in [1.82, 2.24) is 9.78 Å². The van der Waals surface area contributed by atoms with E-state index >= 15 is 0 Å². The van der Waals surface area contributed by atoms with E-state index < -0.39 is 6.10 Å². The third-order valence-electron chi connectivity index (χ3n) is 3.31. The summed E-state index contributed by atoms with van der Waals surface area (Å²) >= 11 is 0. The maximum Gasteiger partial charge on any atom is 0.171 e. The minimum Gasteiger partial charge on any atom is -0.453 e. The van der Waals surface area contributed by atoms with Crippen LogP contribution in [0.5, 0.6) is 11.5 Å². The van der Waals surface area contributed by atoms with Gasteiger partial charge in [0.1, 0.15) is 11.4 Å². The van der Waals surface area contributed by atoms with Crippen molar-refractivity contribution < 1.29 is 9.84 Å². The van der Waals surface area contributed by atoms with Gasteiger partial charge in [0, 0.05) is 7.05 Å². The summed E-state index contributed by atoms with van der Waals surface area (Å²) in [6.45, 7) is 5.86. The summed E-state index contributed by atoms with van der Waals surface area (Å²) in [7, 11) is 1.90.